The third-order valence-corrected chi connectivity index (χ3v) is 6.99. The number of halogens is 3. The number of benzene rings is 2. The van der Waals surface area contributed by atoms with Crippen molar-refractivity contribution < 1.29 is 23.4 Å². The molecule has 1 aliphatic rings. The Hall–Kier alpha value is -4.25. The van der Waals surface area contributed by atoms with Crippen LogP contribution in [0.5, 0.6) is 17.5 Å². The Morgan fingerprint density at radius 2 is 1.97 bits per heavy atom. The molecule has 5 rings (SSSR count). The highest BCUT2D eigenvalue weighted by Gasteiger charge is 2.34. The topological polar surface area (TPSA) is 96.6 Å². The molecule has 4 aromatic rings. The van der Waals surface area contributed by atoms with E-state index in [1.165, 1.54) is 35.2 Å². The summed E-state index contributed by atoms with van der Waals surface area (Å²) in [7, 11) is 1.71. The molecule has 0 bridgehead atoms. The predicted octanol–water partition coefficient (Wildman–Crippen LogP) is 5.07. The van der Waals surface area contributed by atoms with Crippen molar-refractivity contribution >= 4 is 34.2 Å². The van der Waals surface area contributed by atoms with E-state index in [4.69, 9.17) is 16.3 Å². The molecule has 12 heteroatoms. The third-order valence-electron chi connectivity index (χ3n) is 6.69. The molecule has 2 atom stereocenters. The Kier molecular flexibility index (Phi) is 6.85. The number of carbonyl (C=O) groups is 1. The number of rotatable bonds is 5. The van der Waals surface area contributed by atoms with Crippen LogP contribution in [0.1, 0.15) is 13.8 Å². The molecule has 202 valence electrons. The Balaban J connectivity index is 1.71. The highest BCUT2D eigenvalue weighted by Crippen LogP contribution is 2.43. The van der Waals surface area contributed by atoms with Crippen LogP contribution < -0.4 is 9.64 Å². The Morgan fingerprint density at radius 1 is 1.21 bits per heavy atom. The van der Waals surface area contributed by atoms with E-state index in [9.17, 15) is 14.3 Å². The molecule has 9 nitrogen and oxygen atoms in total. The van der Waals surface area contributed by atoms with Gasteiger partial charge in [0.1, 0.15) is 22.9 Å². The van der Waals surface area contributed by atoms with Gasteiger partial charge in [-0.2, -0.15) is 15.1 Å². The summed E-state index contributed by atoms with van der Waals surface area (Å²) in [6.45, 7) is 8.12. The van der Waals surface area contributed by atoms with Gasteiger partial charge in [0.05, 0.1) is 23.0 Å². The number of phenols is 1. The quantitative estimate of drug-likeness (QED) is 0.344. The minimum atomic E-state index is -0.946. The van der Waals surface area contributed by atoms with Crippen molar-refractivity contribution in [1.82, 2.24) is 24.6 Å². The molecule has 0 unspecified atom stereocenters. The van der Waals surface area contributed by atoms with Gasteiger partial charge in [0.15, 0.2) is 11.6 Å². The fraction of sp³-hybridized carbons (Fsp3) is 0.259. The summed E-state index contributed by atoms with van der Waals surface area (Å²) in [5.74, 6) is -1.80. The number of aromatic nitrogens is 4. The van der Waals surface area contributed by atoms with Gasteiger partial charge in [0, 0.05) is 43.2 Å². The fourth-order valence-corrected chi connectivity index (χ4v) is 5.10. The summed E-state index contributed by atoms with van der Waals surface area (Å²) in [6.07, 6.45) is 4.32. The number of carbonyl (C=O) groups excluding carboxylic acids is 1. The molecule has 0 spiro atoms. The average molecular weight is 555 g/mol. The van der Waals surface area contributed by atoms with Gasteiger partial charge in [-0.3, -0.25) is 9.48 Å². The molecule has 2 aromatic heterocycles. The molecule has 39 heavy (non-hydrogen) atoms. The van der Waals surface area contributed by atoms with Crippen LogP contribution in [0.25, 0.3) is 22.0 Å². The molecule has 0 saturated carbocycles. The summed E-state index contributed by atoms with van der Waals surface area (Å²) in [4.78, 5) is 24.9. The minimum Gasteiger partial charge on any atom is -0.507 e. The fourth-order valence-electron chi connectivity index (χ4n) is 4.82. The standard InChI is InChI=1S/C27H25ClF2N6O3/c1-5-21(38)35-11-15(3)36(12-14(35)2)26-17-9-18(28)22(23-19(29)7-6-8-20(23)37)24(30)25(17)32-27(33-26)39-16-10-31-34(4)13-16/h5-10,13-15,37H,1,11-12H2,2-4H3/t14-,15+/m1/s1. The van der Waals surface area contributed by atoms with Crippen LogP contribution in [0.3, 0.4) is 0 Å². The number of aryl methyl sites for hydroxylation is 1. The van der Waals surface area contributed by atoms with Crippen LogP contribution in [-0.4, -0.2) is 60.8 Å². The zero-order chi connectivity index (χ0) is 28.0. The molecule has 2 aromatic carbocycles. The lowest BCUT2D eigenvalue weighted by Crippen LogP contribution is -2.58. The Morgan fingerprint density at radius 3 is 2.64 bits per heavy atom. The Labute approximate surface area is 227 Å². The van der Waals surface area contributed by atoms with Crippen LogP contribution in [0.2, 0.25) is 5.02 Å². The van der Waals surface area contributed by atoms with E-state index in [-0.39, 0.29) is 51.1 Å². The number of anilines is 1. The average Bonchev–Trinajstić information content (AvgIpc) is 3.30. The maximum Gasteiger partial charge on any atom is 0.324 e. The van der Waals surface area contributed by atoms with Crippen LogP contribution in [0.15, 0.2) is 49.3 Å². The highest BCUT2D eigenvalue weighted by molar-refractivity contribution is 6.34. The van der Waals surface area contributed by atoms with Crippen LogP contribution in [0, 0.1) is 11.6 Å². The molecular formula is C27H25ClF2N6O3. The smallest absolute Gasteiger partial charge is 0.324 e. The highest BCUT2D eigenvalue weighted by atomic mass is 35.5. The molecule has 1 amide bonds. The summed E-state index contributed by atoms with van der Waals surface area (Å²) >= 11 is 6.52. The number of hydrogen-bond acceptors (Lipinski definition) is 7. The molecule has 1 saturated heterocycles. The third kappa shape index (κ3) is 4.74. The van der Waals surface area contributed by atoms with Gasteiger partial charge >= 0.3 is 6.01 Å². The number of phenolic OH excluding ortho intramolecular Hbond substituents is 1. The first kappa shape index (κ1) is 26.4. The first-order valence-corrected chi connectivity index (χ1v) is 12.5. The predicted molar refractivity (Wildman–Crippen MR) is 143 cm³/mol. The molecule has 3 heterocycles. The molecule has 1 N–H and O–H groups in total. The molecular weight excluding hydrogens is 530 g/mol. The zero-order valence-electron chi connectivity index (χ0n) is 21.4. The van der Waals surface area contributed by atoms with Gasteiger partial charge in [-0.15, -0.1) is 0 Å². The van der Waals surface area contributed by atoms with Gasteiger partial charge in [-0.25, -0.2) is 8.78 Å². The van der Waals surface area contributed by atoms with E-state index < -0.39 is 17.4 Å². The second kappa shape index (κ2) is 10.1. The number of hydrogen-bond donors (Lipinski definition) is 1. The van der Waals surface area contributed by atoms with Crippen molar-refractivity contribution in [3.8, 4) is 28.6 Å². The van der Waals surface area contributed by atoms with Gasteiger partial charge in [0.2, 0.25) is 5.91 Å². The lowest BCUT2D eigenvalue weighted by Gasteiger charge is -2.44. The number of fused-ring (bicyclic) bond motifs is 1. The van der Waals surface area contributed by atoms with E-state index in [0.717, 1.165) is 6.07 Å². The monoisotopic (exact) mass is 554 g/mol. The van der Waals surface area contributed by atoms with Gasteiger partial charge in [-0.1, -0.05) is 24.2 Å². The summed E-state index contributed by atoms with van der Waals surface area (Å²) in [5, 5.41) is 14.5. The van der Waals surface area contributed by atoms with Crippen molar-refractivity contribution in [3.63, 3.8) is 0 Å². The molecule has 0 radical (unpaired) electrons. The lowest BCUT2D eigenvalue weighted by molar-refractivity contribution is -0.128. The maximum atomic E-state index is 16.2. The number of piperazine rings is 1. The normalized spacial score (nSPS) is 17.5. The van der Waals surface area contributed by atoms with Crippen molar-refractivity contribution in [2.75, 3.05) is 18.0 Å². The van der Waals surface area contributed by atoms with Gasteiger partial charge in [0.25, 0.3) is 0 Å². The van der Waals surface area contributed by atoms with E-state index in [0.29, 0.717) is 24.7 Å². The second-order valence-electron chi connectivity index (χ2n) is 9.40. The number of ether oxygens (including phenoxy) is 1. The van der Waals surface area contributed by atoms with Crippen LogP contribution in [-0.2, 0) is 11.8 Å². The van der Waals surface area contributed by atoms with Gasteiger partial charge < -0.3 is 19.6 Å². The summed E-state index contributed by atoms with van der Waals surface area (Å²) in [5.41, 5.74) is -0.889. The van der Waals surface area contributed by atoms with E-state index in [1.807, 2.05) is 18.7 Å². The minimum absolute atomic E-state index is 0.132. The molecule has 0 aliphatic carbocycles. The van der Waals surface area contributed by atoms with E-state index in [2.05, 4.69) is 21.6 Å². The number of nitrogens with zero attached hydrogens (tertiary/aromatic N) is 6. The Bertz CT molecular complexity index is 1590. The molecule has 1 aliphatic heterocycles. The first-order chi connectivity index (χ1) is 18.6. The summed E-state index contributed by atoms with van der Waals surface area (Å²) in [6, 6.07) is 4.49. The van der Waals surface area contributed by atoms with E-state index >= 15 is 4.39 Å². The van der Waals surface area contributed by atoms with Crippen molar-refractivity contribution in [2.24, 2.45) is 7.05 Å². The van der Waals surface area contributed by atoms with Crippen LogP contribution >= 0.6 is 11.6 Å². The van der Waals surface area contributed by atoms with Crippen molar-refractivity contribution in [1.29, 1.82) is 0 Å². The molecule has 1 fully saturated rings. The largest absolute Gasteiger partial charge is 0.507 e. The van der Waals surface area contributed by atoms with Crippen molar-refractivity contribution in [2.45, 2.75) is 25.9 Å². The van der Waals surface area contributed by atoms with Crippen LogP contribution in [0.4, 0.5) is 14.6 Å². The van der Waals surface area contributed by atoms with Gasteiger partial charge in [-0.05, 0) is 38.1 Å². The van der Waals surface area contributed by atoms with Crippen molar-refractivity contribution in [3.05, 3.63) is 66.0 Å². The maximum absolute atomic E-state index is 16.2. The second-order valence-corrected chi connectivity index (χ2v) is 9.81. The zero-order valence-corrected chi connectivity index (χ0v) is 22.2. The first-order valence-electron chi connectivity index (χ1n) is 12.1. The SMILES string of the molecule is C=CC(=O)N1C[C@H](C)N(c2nc(Oc3cnn(C)c3)nc3c(F)c(-c4c(O)cccc4F)c(Cl)cc23)C[C@H]1C. The number of aromatic hydroxyl groups is 1. The number of amides is 1. The lowest BCUT2D eigenvalue weighted by atomic mass is 10.0. The van der Waals surface area contributed by atoms with E-state index in [1.54, 1.807) is 18.1 Å². The summed E-state index contributed by atoms with van der Waals surface area (Å²) < 4.78 is 38.3.